The van der Waals surface area contributed by atoms with E-state index < -0.39 is 21.7 Å². The molecule has 0 saturated heterocycles. The van der Waals surface area contributed by atoms with Gasteiger partial charge in [0, 0.05) is 26.2 Å². The standard InChI is InChI=1S/C40H48N4O4/c45-33-37-11-29-9-30(12-37)16-39(15-29,23-37)35(47)43-21-27-5-7-28(8-6-27)22-44-36(48)40-17-31-10-32(18-40)14-38(13-31,24-40)34(46)42-20-26-2-1-25(3-4-26)19-41-33/h1-8,29-32H,9-24H2,(H,41,45)(H,42,46)(H,43,47)(H,44,48). The van der Waals surface area contributed by atoms with E-state index in [1.165, 1.54) is 0 Å². The molecule has 8 saturated carbocycles. The van der Waals surface area contributed by atoms with E-state index >= 15 is 0 Å². The molecule has 8 heteroatoms. The molecule has 0 atom stereocenters. The first-order valence-corrected chi connectivity index (χ1v) is 18.4. The maximum Gasteiger partial charge on any atom is 0.226 e. The Labute approximate surface area is 283 Å². The van der Waals surface area contributed by atoms with Crippen LogP contribution in [0.15, 0.2) is 48.5 Å². The van der Waals surface area contributed by atoms with Crippen LogP contribution < -0.4 is 21.3 Å². The molecule has 4 aliphatic heterocycles. The van der Waals surface area contributed by atoms with Crippen LogP contribution in [0.3, 0.4) is 0 Å². The summed E-state index contributed by atoms with van der Waals surface area (Å²) in [7, 11) is 0. The summed E-state index contributed by atoms with van der Waals surface area (Å²) in [5, 5.41) is 13.1. The largest absolute Gasteiger partial charge is 0.352 e. The summed E-state index contributed by atoms with van der Waals surface area (Å²) < 4.78 is 0. The SMILES string of the molecule is O=C1NCc2ccc(cc2)CNC(=O)C23CC4CC(C2)CC(C4)(C3)C(=O)NCc2ccc(cc2)CNC(=O)C23CC4CC(CC1(C4)C2)C3. The van der Waals surface area contributed by atoms with E-state index in [-0.39, 0.29) is 23.6 Å². The van der Waals surface area contributed by atoms with Crippen molar-refractivity contribution in [2.45, 2.75) is 103 Å². The predicted molar refractivity (Wildman–Crippen MR) is 179 cm³/mol. The second-order valence-corrected chi connectivity index (χ2v) is 17.4. The van der Waals surface area contributed by atoms with Gasteiger partial charge in [0.25, 0.3) is 0 Å². The quantitative estimate of drug-likeness (QED) is 0.321. The van der Waals surface area contributed by atoms with Crippen LogP contribution in [-0.2, 0) is 45.4 Å². The lowest BCUT2D eigenvalue weighted by Gasteiger charge is -2.60. The Morgan fingerprint density at radius 2 is 0.583 bits per heavy atom. The molecule has 4 amide bonds. The van der Waals surface area contributed by atoms with Crippen molar-refractivity contribution in [1.29, 1.82) is 0 Å². The summed E-state index contributed by atoms with van der Waals surface area (Å²) in [6, 6.07) is 16.3. The highest BCUT2D eigenvalue weighted by atomic mass is 16.2. The number of hydrogen-bond acceptors (Lipinski definition) is 4. The summed E-state index contributed by atoms with van der Waals surface area (Å²) in [6.45, 7) is 1.81. The minimum absolute atomic E-state index is 0.0996. The maximum absolute atomic E-state index is 13.9. The normalized spacial score (nSPS) is 40.3. The molecule has 48 heavy (non-hydrogen) atoms. The zero-order valence-electron chi connectivity index (χ0n) is 27.9. The Kier molecular flexibility index (Phi) is 6.91. The molecular formula is C40H48N4O4. The van der Waals surface area contributed by atoms with E-state index in [2.05, 4.69) is 21.3 Å². The molecule has 12 bridgehead atoms. The first kappa shape index (κ1) is 30.4. The molecule has 0 unspecified atom stereocenters. The molecule has 252 valence electrons. The number of nitrogens with one attached hydrogen (secondary N) is 4. The molecule has 12 aliphatic rings. The molecule has 8 nitrogen and oxygen atoms in total. The van der Waals surface area contributed by atoms with E-state index in [4.69, 9.17) is 0 Å². The van der Waals surface area contributed by atoms with Crippen LogP contribution in [0.1, 0.15) is 99.3 Å². The Morgan fingerprint density at radius 1 is 0.375 bits per heavy atom. The molecule has 4 N–H and O–H groups in total. The third-order valence-electron chi connectivity index (χ3n) is 13.9. The van der Waals surface area contributed by atoms with Crippen LogP contribution in [0, 0.1) is 45.3 Å². The van der Waals surface area contributed by atoms with Gasteiger partial charge in [0.05, 0.1) is 21.7 Å². The minimum Gasteiger partial charge on any atom is -0.352 e. The topological polar surface area (TPSA) is 116 Å². The van der Waals surface area contributed by atoms with Gasteiger partial charge < -0.3 is 21.3 Å². The van der Waals surface area contributed by atoms with Crippen molar-refractivity contribution in [1.82, 2.24) is 21.3 Å². The van der Waals surface area contributed by atoms with Gasteiger partial charge in [-0.05, 0) is 123 Å². The molecule has 0 radical (unpaired) electrons. The van der Waals surface area contributed by atoms with Crippen molar-refractivity contribution in [3.05, 3.63) is 70.8 Å². The van der Waals surface area contributed by atoms with Crippen molar-refractivity contribution >= 4 is 23.6 Å². The van der Waals surface area contributed by atoms with Crippen LogP contribution in [0.5, 0.6) is 0 Å². The van der Waals surface area contributed by atoms with Crippen molar-refractivity contribution < 1.29 is 19.2 Å². The number of hydrogen-bond donors (Lipinski definition) is 4. The van der Waals surface area contributed by atoms with Crippen LogP contribution >= 0.6 is 0 Å². The van der Waals surface area contributed by atoms with E-state index in [0.29, 0.717) is 62.7 Å². The summed E-state index contributed by atoms with van der Waals surface area (Å²) in [6.07, 6.45) is 10.6. The number of rotatable bonds is 0. The second-order valence-electron chi connectivity index (χ2n) is 17.4. The minimum atomic E-state index is -0.474. The fraction of sp³-hybridized carbons (Fsp3) is 0.600. The highest BCUT2D eigenvalue weighted by Crippen LogP contribution is 2.66. The van der Waals surface area contributed by atoms with Crippen molar-refractivity contribution in [2.24, 2.45) is 45.3 Å². The summed E-state index contributed by atoms with van der Waals surface area (Å²) in [4.78, 5) is 55.7. The zero-order valence-corrected chi connectivity index (χ0v) is 27.9. The Hall–Kier alpha value is -3.68. The number of amides is 4. The maximum atomic E-state index is 13.9. The highest BCUT2D eigenvalue weighted by Gasteiger charge is 2.64. The monoisotopic (exact) mass is 648 g/mol. The van der Waals surface area contributed by atoms with Crippen molar-refractivity contribution in [3.8, 4) is 0 Å². The van der Waals surface area contributed by atoms with Crippen LogP contribution in [0.25, 0.3) is 0 Å². The molecule has 2 aromatic carbocycles. The Balaban J connectivity index is 0.982. The average molecular weight is 649 g/mol. The first-order valence-electron chi connectivity index (χ1n) is 18.4. The van der Waals surface area contributed by atoms with E-state index in [1.807, 2.05) is 48.5 Å². The van der Waals surface area contributed by atoms with Gasteiger partial charge in [0.2, 0.25) is 23.6 Å². The predicted octanol–water partition coefficient (Wildman–Crippen LogP) is 5.04. The average Bonchev–Trinajstić information content (AvgIpc) is 3.06. The lowest BCUT2D eigenvalue weighted by molar-refractivity contribution is -0.168. The van der Waals surface area contributed by atoms with Gasteiger partial charge in [-0.2, -0.15) is 0 Å². The van der Waals surface area contributed by atoms with E-state index in [1.54, 1.807) is 0 Å². The highest BCUT2D eigenvalue weighted by molar-refractivity contribution is 5.89. The van der Waals surface area contributed by atoms with Crippen LogP contribution in [-0.4, -0.2) is 23.6 Å². The van der Waals surface area contributed by atoms with Gasteiger partial charge >= 0.3 is 0 Å². The molecule has 0 aromatic heterocycles. The first-order chi connectivity index (χ1) is 23.1. The van der Waals surface area contributed by atoms with Gasteiger partial charge in [-0.25, -0.2) is 0 Å². The van der Waals surface area contributed by atoms with Gasteiger partial charge in [-0.15, -0.1) is 0 Å². The molecular weight excluding hydrogens is 600 g/mol. The lowest BCUT2D eigenvalue weighted by atomic mass is 9.43. The van der Waals surface area contributed by atoms with Gasteiger partial charge in [0.1, 0.15) is 0 Å². The number of benzene rings is 2. The van der Waals surface area contributed by atoms with Crippen molar-refractivity contribution in [2.75, 3.05) is 0 Å². The molecule has 4 spiro atoms. The number of carbonyl (C=O) groups is 4. The van der Waals surface area contributed by atoms with Crippen LogP contribution in [0.2, 0.25) is 0 Å². The molecule has 8 fully saturated rings. The van der Waals surface area contributed by atoms with Gasteiger partial charge in [0.15, 0.2) is 0 Å². The molecule has 14 rings (SSSR count). The fourth-order valence-electron chi connectivity index (χ4n) is 12.6. The lowest BCUT2D eigenvalue weighted by Crippen LogP contribution is -2.61. The summed E-state index contributed by atoms with van der Waals surface area (Å²) in [5.74, 6) is 2.07. The zero-order chi connectivity index (χ0) is 32.7. The third kappa shape index (κ3) is 4.99. The smallest absolute Gasteiger partial charge is 0.226 e. The Morgan fingerprint density at radius 3 is 0.792 bits per heavy atom. The summed E-state index contributed by atoms with van der Waals surface area (Å²) in [5.41, 5.74) is 2.21. The molecule has 2 aromatic rings. The molecule has 8 aliphatic carbocycles. The summed E-state index contributed by atoms with van der Waals surface area (Å²) >= 11 is 0. The Bertz CT molecular complexity index is 1400. The molecule has 4 heterocycles. The number of carbonyl (C=O) groups excluding carboxylic acids is 4. The van der Waals surface area contributed by atoms with Gasteiger partial charge in [-0.3, -0.25) is 19.2 Å². The van der Waals surface area contributed by atoms with Crippen molar-refractivity contribution in [3.63, 3.8) is 0 Å². The third-order valence-corrected chi connectivity index (χ3v) is 13.9. The van der Waals surface area contributed by atoms with Gasteiger partial charge in [-0.1, -0.05) is 48.5 Å². The fourth-order valence-corrected chi connectivity index (χ4v) is 12.6. The second kappa shape index (κ2) is 10.9. The van der Waals surface area contributed by atoms with E-state index in [9.17, 15) is 19.2 Å². The van der Waals surface area contributed by atoms with E-state index in [0.717, 1.165) is 86.5 Å². The van der Waals surface area contributed by atoms with Crippen LogP contribution in [0.4, 0.5) is 0 Å².